The van der Waals surface area contributed by atoms with Crippen LogP contribution >= 0.6 is 12.0 Å². The Morgan fingerprint density at radius 1 is 1.45 bits per heavy atom. The Kier molecular flexibility index (Phi) is 5.92. The van der Waals surface area contributed by atoms with Gasteiger partial charge in [0.05, 0.1) is 17.6 Å². The van der Waals surface area contributed by atoms with Crippen molar-refractivity contribution in [3.05, 3.63) is 23.3 Å². The molecule has 0 fully saturated rings. The number of hydrogen-bond acceptors (Lipinski definition) is 7. The van der Waals surface area contributed by atoms with Gasteiger partial charge in [-0.3, -0.25) is 9.76 Å². The van der Waals surface area contributed by atoms with Crippen LogP contribution in [0.4, 0.5) is 0 Å². The molecule has 0 aliphatic rings. The van der Waals surface area contributed by atoms with E-state index in [4.69, 9.17) is 5.26 Å². The maximum absolute atomic E-state index is 11.4. The maximum Gasteiger partial charge on any atom is 0.295 e. The fraction of sp³-hybridized carbons (Fsp3) is 0.300. The standard InChI is InChI=1S/C10H13NO7S2/c1-3-11(12)6-9-7(2)4-8(19-18-17-13)5-10(9)20(14,15)16/h4-6H,3H2,1-2H3,(H2-,12,13,14,15,16)/p+1. The number of aryl methyl sites for hydroxylation is 1. The smallest absolute Gasteiger partial charge is 0.291 e. The summed E-state index contributed by atoms with van der Waals surface area (Å²) < 4.78 is 37.1. The molecule has 20 heavy (non-hydrogen) atoms. The third kappa shape index (κ3) is 4.44. The van der Waals surface area contributed by atoms with E-state index in [0.717, 1.165) is 10.8 Å². The Labute approximate surface area is 120 Å². The lowest BCUT2D eigenvalue weighted by Crippen LogP contribution is -2.12. The molecule has 0 aliphatic heterocycles. The summed E-state index contributed by atoms with van der Waals surface area (Å²) in [5, 5.41) is 20.9. The van der Waals surface area contributed by atoms with Gasteiger partial charge in [0.15, 0.2) is 6.54 Å². The molecule has 0 bridgehead atoms. The average molecular weight is 324 g/mol. The Morgan fingerprint density at radius 2 is 2.10 bits per heavy atom. The molecule has 0 unspecified atom stereocenters. The highest BCUT2D eigenvalue weighted by Crippen LogP contribution is 2.27. The molecule has 0 radical (unpaired) electrons. The number of nitrogens with zero attached hydrogens (tertiary/aromatic N) is 1. The van der Waals surface area contributed by atoms with Gasteiger partial charge in [0, 0.05) is 4.90 Å². The van der Waals surface area contributed by atoms with Crippen LogP contribution < -0.4 is 0 Å². The van der Waals surface area contributed by atoms with Crippen molar-refractivity contribution >= 4 is 28.4 Å². The van der Waals surface area contributed by atoms with Crippen molar-refractivity contribution in [3.8, 4) is 0 Å². The molecule has 0 saturated heterocycles. The van der Waals surface area contributed by atoms with Crippen LogP contribution in [0.5, 0.6) is 0 Å². The van der Waals surface area contributed by atoms with Crippen LogP contribution in [-0.4, -0.2) is 40.9 Å². The van der Waals surface area contributed by atoms with Gasteiger partial charge in [-0.25, -0.2) is 5.26 Å². The molecule has 0 amide bonds. The third-order valence-electron chi connectivity index (χ3n) is 2.36. The maximum atomic E-state index is 11.4. The number of hydroxylamine groups is 1. The molecule has 112 valence electrons. The summed E-state index contributed by atoms with van der Waals surface area (Å²) in [5.41, 5.74) is 0.614. The van der Waals surface area contributed by atoms with Crippen LogP contribution in [-0.2, 0) is 19.5 Å². The highest BCUT2D eigenvalue weighted by Gasteiger charge is 2.21. The molecule has 1 aromatic carbocycles. The van der Waals surface area contributed by atoms with Gasteiger partial charge in [-0.1, -0.05) is 5.04 Å². The molecule has 0 aliphatic carbocycles. The van der Waals surface area contributed by atoms with Crippen molar-refractivity contribution in [1.82, 2.24) is 0 Å². The largest absolute Gasteiger partial charge is 0.295 e. The molecular formula is C10H14NO7S2+. The normalized spacial score (nSPS) is 12.7. The van der Waals surface area contributed by atoms with Crippen molar-refractivity contribution in [1.29, 1.82) is 0 Å². The van der Waals surface area contributed by atoms with E-state index in [0.29, 0.717) is 17.6 Å². The fourth-order valence-electron chi connectivity index (χ4n) is 1.46. The summed E-state index contributed by atoms with van der Waals surface area (Å²) in [4.78, 5) is -0.114. The van der Waals surface area contributed by atoms with E-state index < -0.39 is 15.0 Å². The van der Waals surface area contributed by atoms with Crippen LogP contribution in [0, 0.1) is 6.92 Å². The first-order valence-corrected chi connectivity index (χ1v) is 7.55. The summed E-state index contributed by atoms with van der Waals surface area (Å²) in [5.74, 6) is 0. The zero-order valence-electron chi connectivity index (χ0n) is 10.7. The monoisotopic (exact) mass is 324 g/mol. The minimum absolute atomic E-state index is 0.145. The summed E-state index contributed by atoms with van der Waals surface area (Å²) in [6.45, 7) is 3.49. The molecule has 0 aromatic heterocycles. The lowest BCUT2D eigenvalue weighted by atomic mass is 10.1. The van der Waals surface area contributed by atoms with E-state index in [-0.39, 0.29) is 17.0 Å². The van der Waals surface area contributed by atoms with E-state index in [2.05, 4.69) is 9.37 Å². The first kappa shape index (κ1) is 16.9. The number of rotatable bonds is 6. The van der Waals surface area contributed by atoms with Gasteiger partial charge >= 0.3 is 0 Å². The Hall–Kier alpha value is -1.17. The second-order valence-electron chi connectivity index (χ2n) is 3.74. The first-order valence-electron chi connectivity index (χ1n) is 5.36. The van der Waals surface area contributed by atoms with E-state index in [1.165, 1.54) is 12.3 Å². The molecule has 0 atom stereocenters. The van der Waals surface area contributed by atoms with Crippen LogP contribution in [0.15, 0.2) is 21.9 Å². The van der Waals surface area contributed by atoms with Gasteiger partial charge in [0.25, 0.3) is 10.1 Å². The van der Waals surface area contributed by atoms with Gasteiger partial charge in [-0.2, -0.15) is 8.42 Å². The molecular weight excluding hydrogens is 310 g/mol. The second-order valence-corrected chi connectivity index (χ2v) is 5.90. The van der Waals surface area contributed by atoms with Gasteiger partial charge in [0.2, 0.25) is 6.21 Å². The van der Waals surface area contributed by atoms with Crippen molar-refractivity contribution in [3.63, 3.8) is 0 Å². The molecule has 0 saturated carbocycles. The zero-order chi connectivity index (χ0) is 15.3. The average Bonchev–Trinajstić information content (AvgIpc) is 2.37. The lowest BCUT2D eigenvalue weighted by molar-refractivity contribution is -0.769. The van der Waals surface area contributed by atoms with Gasteiger partial charge < -0.3 is 0 Å². The lowest BCUT2D eigenvalue weighted by Gasteiger charge is -2.07. The fourth-order valence-corrected chi connectivity index (χ4v) is 2.80. The molecule has 8 nitrogen and oxygen atoms in total. The summed E-state index contributed by atoms with van der Waals surface area (Å²) in [6, 6.07) is 2.66. The van der Waals surface area contributed by atoms with E-state index in [1.54, 1.807) is 13.8 Å². The highest BCUT2D eigenvalue weighted by atomic mass is 32.2. The van der Waals surface area contributed by atoms with Crippen molar-refractivity contribution < 1.29 is 37.5 Å². The van der Waals surface area contributed by atoms with Gasteiger partial charge in [0.1, 0.15) is 4.90 Å². The topological polar surface area (TPSA) is 116 Å². The SMILES string of the molecule is CC[N+](O)=Cc1c(C)cc(SOOO)cc1S(=O)(=O)O. The van der Waals surface area contributed by atoms with E-state index in [1.807, 2.05) is 0 Å². The Balaban J connectivity index is 3.44. The summed E-state index contributed by atoms with van der Waals surface area (Å²) in [7, 11) is -4.50. The molecule has 0 heterocycles. The van der Waals surface area contributed by atoms with Gasteiger partial charge in [-0.05, 0) is 36.3 Å². The molecule has 3 N–H and O–H groups in total. The first-order chi connectivity index (χ1) is 9.29. The molecule has 1 rings (SSSR count). The predicted octanol–water partition coefficient (Wildman–Crippen LogP) is 1.51. The van der Waals surface area contributed by atoms with Gasteiger partial charge in [-0.15, -0.1) is 4.33 Å². The second kappa shape index (κ2) is 7.02. The van der Waals surface area contributed by atoms with Crippen LogP contribution in [0.3, 0.4) is 0 Å². The van der Waals surface area contributed by atoms with E-state index >= 15 is 0 Å². The van der Waals surface area contributed by atoms with Crippen molar-refractivity contribution in [2.75, 3.05) is 6.54 Å². The van der Waals surface area contributed by atoms with Crippen LogP contribution in [0.25, 0.3) is 0 Å². The van der Waals surface area contributed by atoms with Crippen molar-refractivity contribution in [2.24, 2.45) is 0 Å². The van der Waals surface area contributed by atoms with Crippen LogP contribution in [0.1, 0.15) is 18.1 Å². The third-order valence-corrected chi connectivity index (χ3v) is 3.81. The summed E-state index contributed by atoms with van der Waals surface area (Å²) in [6.07, 6.45) is 1.19. The molecule has 1 aromatic rings. The Bertz CT molecular complexity index is 612. The zero-order valence-corrected chi connectivity index (χ0v) is 12.3. The highest BCUT2D eigenvalue weighted by molar-refractivity contribution is 7.94. The number of hydrogen-bond donors (Lipinski definition) is 3. The van der Waals surface area contributed by atoms with Crippen molar-refractivity contribution in [2.45, 2.75) is 23.6 Å². The predicted molar refractivity (Wildman–Crippen MR) is 69.4 cm³/mol. The summed E-state index contributed by atoms with van der Waals surface area (Å²) >= 11 is 0.560. The van der Waals surface area contributed by atoms with E-state index in [9.17, 15) is 18.2 Å². The minimum Gasteiger partial charge on any atom is -0.291 e. The minimum atomic E-state index is -4.50. The van der Waals surface area contributed by atoms with Crippen LogP contribution in [0.2, 0.25) is 0 Å². The number of benzene rings is 1. The molecule has 10 heteroatoms. The molecule has 0 spiro atoms. The Morgan fingerprint density at radius 3 is 2.60 bits per heavy atom. The quantitative estimate of drug-likeness (QED) is 0.137.